The first-order valence-electron chi connectivity index (χ1n) is 6.37. The quantitative estimate of drug-likeness (QED) is 0.778. The maximum absolute atomic E-state index is 13.4. The van der Waals surface area contributed by atoms with E-state index >= 15 is 0 Å². The summed E-state index contributed by atoms with van der Waals surface area (Å²) in [4.78, 5) is 25.5. The largest absolute Gasteiger partial charge is 0.300 e. The average molecular weight is 348 g/mol. The minimum absolute atomic E-state index is 0.164. The molecule has 1 amide bonds. The fourth-order valence-corrected chi connectivity index (χ4v) is 2.97. The van der Waals surface area contributed by atoms with Gasteiger partial charge in [0, 0.05) is 4.47 Å². The summed E-state index contributed by atoms with van der Waals surface area (Å²) in [7, 11) is 0. The van der Waals surface area contributed by atoms with E-state index in [-0.39, 0.29) is 12.4 Å². The molecule has 0 radical (unpaired) electrons. The van der Waals surface area contributed by atoms with Crippen molar-refractivity contribution in [2.45, 2.75) is 13.5 Å². The van der Waals surface area contributed by atoms with Crippen LogP contribution in [0.4, 0.5) is 10.1 Å². The molecule has 106 valence electrons. The number of benzene rings is 2. The van der Waals surface area contributed by atoms with Crippen molar-refractivity contribution in [3.63, 3.8) is 0 Å². The Morgan fingerprint density at radius 3 is 2.62 bits per heavy atom. The zero-order valence-electron chi connectivity index (χ0n) is 11.2. The van der Waals surface area contributed by atoms with Gasteiger partial charge in [-0.25, -0.2) is 4.39 Å². The summed E-state index contributed by atoms with van der Waals surface area (Å²) < 4.78 is 14.0. The molecule has 1 aliphatic heterocycles. The molecule has 3 nitrogen and oxygen atoms in total. The molecule has 0 unspecified atom stereocenters. The number of ketones is 1. The number of Topliss-reactive ketones (excluding diaryl/α,β-unsaturated/α-hetero) is 1. The van der Waals surface area contributed by atoms with Gasteiger partial charge in [0.15, 0.2) is 0 Å². The Balaban J connectivity index is 2.00. The van der Waals surface area contributed by atoms with Crippen LogP contribution < -0.4 is 4.90 Å². The fraction of sp³-hybridized carbons (Fsp3) is 0.125. The van der Waals surface area contributed by atoms with Crippen LogP contribution in [-0.4, -0.2) is 11.7 Å². The van der Waals surface area contributed by atoms with Crippen molar-refractivity contribution in [2.24, 2.45) is 0 Å². The second-order valence-electron chi connectivity index (χ2n) is 5.02. The minimum Gasteiger partial charge on any atom is -0.300 e. The highest BCUT2D eigenvalue weighted by atomic mass is 79.9. The van der Waals surface area contributed by atoms with Crippen LogP contribution in [0.1, 0.15) is 21.5 Å². The van der Waals surface area contributed by atoms with Crippen LogP contribution in [0.25, 0.3) is 0 Å². The van der Waals surface area contributed by atoms with E-state index in [1.165, 1.54) is 17.0 Å². The first kappa shape index (κ1) is 13.9. The Morgan fingerprint density at radius 2 is 1.90 bits per heavy atom. The lowest BCUT2D eigenvalue weighted by Gasteiger charge is -2.17. The topological polar surface area (TPSA) is 37.4 Å². The molecular formula is C16H11BrFNO2. The first-order chi connectivity index (χ1) is 9.95. The van der Waals surface area contributed by atoms with Gasteiger partial charge in [0.25, 0.3) is 11.7 Å². The van der Waals surface area contributed by atoms with E-state index in [4.69, 9.17) is 0 Å². The van der Waals surface area contributed by atoms with Crippen molar-refractivity contribution in [2.75, 3.05) is 4.90 Å². The molecule has 0 atom stereocenters. The fourth-order valence-electron chi connectivity index (χ4n) is 2.46. The molecule has 0 saturated heterocycles. The van der Waals surface area contributed by atoms with Gasteiger partial charge in [0.05, 0.1) is 17.8 Å². The predicted octanol–water partition coefficient (Wildman–Crippen LogP) is 3.63. The Bertz CT molecular complexity index is 753. The van der Waals surface area contributed by atoms with E-state index in [1.54, 1.807) is 18.2 Å². The van der Waals surface area contributed by atoms with Crippen molar-refractivity contribution < 1.29 is 14.0 Å². The molecule has 1 aliphatic rings. The normalized spacial score (nSPS) is 13.8. The lowest BCUT2D eigenvalue weighted by molar-refractivity contribution is -0.114. The summed E-state index contributed by atoms with van der Waals surface area (Å²) in [6, 6.07) is 9.73. The Labute approximate surface area is 129 Å². The number of carbonyl (C=O) groups is 2. The third-order valence-corrected chi connectivity index (χ3v) is 3.85. The van der Waals surface area contributed by atoms with Crippen LogP contribution in [0, 0.1) is 12.7 Å². The molecule has 0 aliphatic carbocycles. The highest BCUT2D eigenvalue weighted by Gasteiger charge is 2.35. The average Bonchev–Trinajstić information content (AvgIpc) is 2.63. The summed E-state index contributed by atoms with van der Waals surface area (Å²) >= 11 is 3.22. The van der Waals surface area contributed by atoms with E-state index in [0.717, 1.165) is 5.56 Å². The molecule has 2 aromatic carbocycles. The lowest BCUT2D eigenvalue weighted by Crippen LogP contribution is -2.29. The minimum atomic E-state index is -0.573. The molecule has 2 aromatic rings. The number of amides is 1. The highest BCUT2D eigenvalue weighted by Crippen LogP contribution is 2.31. The molecule has 0 bridgehead atoms. The molecular weight excluding hydrogens is 337 g/mol. The van der Waals surface area contributed by atoms with Gasteiger partial charge in [0.1, 0.15) is 5.82 Å². The van der Waals surface area contributed by atoms with Gasteiger partial charge in [-0.1, -0.05) is 27.6 Å². The molecule has 21 heavy (non-hydrogen) atoms. The molecule has 0 N–H and O–H groups in total. The van der Waals surface area contributed by atoms with Gasteiger partial charge in [-0.3, -0.25) is 9.59 Å². The van der Waals surface area contributed by atoms with Crippen molar-refractivity contribution in [3.05, 3.63) is 63.4 Å². The molecule has 0 aromatic heterocycles. The third-order valence-electron chi connectivity index (χ3n) is 3.39. The number of anilines is 1. The summed E-state index contributed by atoms with van der Waals surface area (Å²) in [6.07, 6.45) is 0. The zero-order valence-corrected chi connectivity index (χ0v) is 12.8. The Hall–Kier alpha value is -2.01. The smallest absolute Gasteiger partial charge is 0.299 e. The van der Waals surface area contributed by atoms with E-state index < -0.39 is 11.7 Å². The maximum atomic E-state index is 13.4. The predicted molar refractivity (Wildman–Crippen MR) is 80.8 cm³/mol. The van der Waals surface area contributed by atoms with Crippen molar-refractivity contribution >= 4 is 33.3 Å². The number of fused-ring (bicyclic) bond motifs is 1. The van der Waals surface area contributed by atoms with Crippen LogP contribution in [0.5, 0.6) is 0 Å². The Morgan fingerprint density at radius 1 is 1.14 bits per heavy atom. The van der Waals surface area contributed by atoms with Gasteiger partial charge in [-0.15, -0.1) is 0 Å². The van der Waals surface area contributed by atoms with Gasteiger partial charge in [-0.2, -0.15) is 0 Å². The first-order valence-corrected chi connectivity index (χ1v) is 7.17. The summed E-state index contributed by atoms with van der Waals surface area (Å²) in [6.45, 7) is 2.03. The van der Waals surface area contributed by atoms with Crippen molar-refractivity contribution in [3.8, 4) is 0 Å². The standard InChI is InChI=1S/C16H11BrFNO2/c1-9-2-3-14-13(4-9)15(20)16(21)19(14)8-10-5-11(17)7-12(18)6-10/h2-7H,8H2,1H3. The van der Waals surface area contributed by atoms with Crippen LogP contribution in [0.3, 0.4) is 0 Å². The number of nitrogens with zero attached hydrogens (tertiary/aromatic N) is 1. The summed E-state index contributed by atoms with van der Waals surface area (Å²) in [5, 5.41) is 0. The van der Waals surface area contributed by atoms with Gasteiger partial charge < -0.3 is 4.90 Å². The molecule has 0 saturated carbocycles. The zero-order chi connectivity index (χ0) is 15.1. The SMILES string of the molecule is Cc1ccc2c(c1)C(=O)C(=O)N2Cc1cc(F)cc(Br)c1. The monoisotopic (exact) mass is 347 g/mol. The second kappa shape index (κ2) is 5.07. The molecule has 5 heteroatoms. The van der Waals surface area contributed by atoms with E-state index in [9.17, 15) is 14.0 Å². The van der Waals surface area contributed by atoms with Gasteiger partial charge in [0.2, 0.25) is 0 Å². The van der Waals surface area contributed by atoms with E-state index in [2.05, 4.69) is 15.9 Å². The van der Waals surface area contributed by atoms with Gasteiger partial charge in [-0.05, 0) is 42.8 Å². The van der Waals surface area contributed by atoms with Crippen molar-refractivity contribution in [1.29, 1.82) is 0 Å². The van der Waals surface area contributed by atoms with E-state index in [1.807, 2.05) is 13.0 Å². The Kier molecular flexibility index (Phi) is 3.37. The molecule has 1 heterocycles. The third kappa shape index (κ3) is 2.49. The summed E-state index contributed by atoms with van der Waals surface area (Å²) in [5.74, 6) is -1.47. The molecule has 3 rings (SSSR count). The van der Waals surface area contributed by atoms with Crippen LogP contribution in [0.2, 0.25) is 0 Å². The number of halogens is 2. The van der Waals surface area contributed by atoms with Crippen molar-refractivity contribution in [1.82, 2.24) is 0 Å². The number of hydrogen-bond donors (Lipinski definition) is 0. The maximum Gasteiger partial charge on any atom is 0.299 e. The van der Waals surface area contributed by atoms with Crippen LogP contribution in [0.15, 0.2) is 40.9 Å². The van der Waals surface area contributed by atoms with Gasteiger partial charge >= 0.3 is 0 Å². The van der Waals surface area contributed by atoms with Crippen LogP contribution in [-0.2, 0) is 11.3 Å². The lowest BCUT2D eigenvalue weighted by atomic mass is 10.1. The number of carbonyl (C=O) groups excluding carboxylic acids is 2. The summed E-state index contributed by atoms with van der Waals surface area (Å²) in [5.41, 5.74) is 2.54. The second-order valence-corrected chi connectivity index (χ2v) is 5.93. The molecule has 0 spiro atoms. The van der Waals surface area contributed by atoms with Crippen LogP contribution >= 0.6 is 15.9 Å². The number of aryl methyl sites for hydroxylation is 1. The highest BCUT2D eigenvalue weighted by molar-refractivity contribution is 9.10. The number of hydrogen-bond acceptors (Lipinski definition) is 2. The van der Waals surface area contributed by atoms with E-state index in [0.29, 0.717) is 21.3 Å². The number of rotatable bonds is 2. The molecule has 0 fully saturated rings.